The fourth-order valence-corrected chi connectivity index (χ4v) is 5.36. The molecule has 1 atom stereocenters. The van der Waals surface area contributed by atoms with E-state index >= 15 is 0 Å². The fourth-order valence-electron chi connectivity index (χ4n) is 5.36. The van der Waals surface area contributed by atoms with Crippen molar-refractivity contribution in [2.75, 3.05) is 73.1 Å². The third-order valence-electron chi connectivity index (χ3n) is 8.20. The number of methoxy groups -OCH3 is 1. The number of carbonyl (C=O) groups is 6. The first-order valence-corrected chi connectivity index (χ1v) is 21.2. The van der Waals surface area contributed by atoms with Gasteiger partial charge in [0.1, 0.15) is 30.5 Å². The molecule has 0 aliphatic heterocycles. The molecule has 0 saturated heterocycles. The predicted octanol–water partition coefficient (Wildman–Crippen LogP) is 4.87. The number of unbranched alkanes of at least 4 members (excludes halogenated alkanes) is 11. The zero-order chi connectivity index (χ0) is 43.5. The Balaban J connectivity index is 4.03. The summed E-state index contributed by atoms with van der Waals surface area (Å²) in [5, 5.41) is 8.17. The number of ether oxygens (including phenoxy) is 7. The van der Waals surface area contributed by atoms with Gasteiger partial charge in [0, 0.05) is 32.4 Å². The van der Waals surface area contributed by atoms with Gasteiger partial charge in [0.15, 0.2) is 0 Å². The number of nitrogens with one attached hydrogen (secondary N) is 3. The van der Waals surface area contributed by atoms with Gasteiger partial charge in [-0.15, -0.1) is 0 Å². The van der Waals surface area contributed by atoms with Gasteiger partial charge in [0.25, 0.3) is 0 Å². The molecule has 58 heavy (non-hydrogen) atoms. The first-order valence-electron chi connectivity index (χ1n) is 21.2. The van der Waals surface area contributed by atoms with Gasteiger partial charge in [0.2, 0.25) is 17.7 Å². The van der Waals surface area contributed by atoms with Crippen molar-refractivity contribution in [2.45, 2.75) is 162 Å². The zero-order valence-electron chi connectivity index (χ0n) is 36.8. The van der Waals surface area contributed by atoms with Crippen molar-refractivity contribution in [3.8, 4) is 0 Å². The fraction of sp³-hybridized carbons (Fsp3) is 0.857. The topological polar surface area (TPSA) is 203 Å². The van der Waals surface area contributed by atoms with E-state index in [2.05, 4.69) is 20.7 Å². The van der Waals surface area contributed by atoms with Crippen LogP contribution in [-0.4, -0.2) is 126 Å². The molecule has 0 bridgehead atoms. The molecular weight excluding hydrogens is 754 g/mol. The van der Waals surface area contributed by atoms with E-state index in [1.165, 1.54) is 39.2 Å². The van der Waals surface area contributed by atoms with Crippen LogP contribution in [0.5, 0.6) is 0 Å². The van der Waals surface area contributed by atoms with Gasteiger partial charge in [-0.05, 0) is 60.8 Å². The summed E-state index contributed by atoms with van der Waals surface area (Å²) in [5.74, 6) is -1.97. The first-order chi connectivity index (χ1) is 27.5. The summed E-state index contributed by atoms with van der Waals surface area (Å²) in [7, 11) is 1.28. The standard InChI is InChI=1S/C42H77N3O13/c1-41(2,3)57-38(49)21-19-17-15-13-11-9-8-10-12-14-16-18-20-36(47)45-34(40(51)58-42(4,5)6)22-23-35(46)43-24-26-53-28-30-55-32-37(48)44-25-27-54-29-31-56-33-39(50)52-7/h34H,8-33H2,1-7H3,(H,43,46)(H,44,48)(H,45,47)/t34-/m0/s1. The van der Waals surface area contributed by atoms with Gasteiger partial charge in [-0.25, -0.2) is 9.59 Å². The summed E-state index contributed by atoms with van der Waals surface area (Å²) in [6.07, 6.45) is 13.8. The minimum absolute atomic E-state index is 0.0186. The average Bonchev–Trinajstić information content (AvgIpc) is 3.13. The molecular formula is C42H77N3O13. The Bertz CT molecular complexity index is 1140. The Hall–Kier alpha value is -3.34. The molecule has 16 heteroatoms. The van der Waals surface area contributed by atoms with Crippen LogP contribution in [0.1, 0.15) is 144 Å². The van der Waals surface area contributed by atoms with Crippen molar-refractivity contribution in [1.29, 1.82) is 0 Å². The highest BCUT2D eigenvalue weighted by Gasteiger charge is 2.27. The summed E-state index contributed by atoms with van der Waals surface area (Å²) in [4.78, 5) is 72.6. The van der Waals surface area contributed by atoms with E-state index in [1.807, 2.05) is 20.8 Å². The van der Waals surface area contributed by atoms with Crippen LogP contribution in [0.15, 0.2) is 0 Å². The third-order valence-corrected chi connectivity index (χ3v) is 8.20. The van der Waals surface area contributed by atoms with Crippen LogP contribution in [0.3, 0.4) is 0 Å². The minimum atomic E-state index is -0.931. The molecule has 0 saturated carbocycles. The highest BCUT2D eigenvalue weighted by atomic mass is 16.6. The van der Waals surface area contributed by atoms with Crippen LogP contribution in [0.2, 0.25) is 0 Å². The maximum absolute atomic E-state index is 12.9. The third kappa shape index (κ3) is 38.2. The van der Waals surface area contributed by atoms with Crippen molar-refractivity contribution in [3.63, 3.8) is 0 Å². The Morgan fingerprint density at radius 3 is 1.41 bits per heavy atom. The molecule has 0 aromatic carbocycles. The monoisotopic (exact) mass is 832 g/mol. The van der Waals surface area contributed by atoms with E-state index < -0.39 is 29.2 Å². The number of hydrogen-bond acceptors (Lipinski definition) is 13. The number of esters is 3. The SMILES string of the molecule is COC(=O)COCCOCCNC(=O)COCCOCCNC(=O)CC[C@H](NC(=O)CCCCCCCCCCCCCCC(=O)OC(C)(C)C)C(=O)OC(C)(C)C. The van der Waals surface area contributed by atoms with Crippen LogP contribution in [-0.2, 0) is 61.9 Å². The Morgan fingerprint density at radius 1 is 0.466 bits per heavy atom. The van der Waals surface area contributed by atoms with E-state index in [-0.39, 0.29) is 95.9 Å². The van der Waals surface area contributed by atoms with Crippen LogP contribution >= 0.6 is 0 Å². The van der Waals surface area contributed by atoms with E-state index in [0.29, 0.717) is 19.4 Å². The molecule has 0 rings (SSSR count). The molecule has 0 aromatic rings. The van der Waals surface area contributed by atoms with Crippen LogP contribution in [0.25, 0.3) is 0 Å². The second-order valence-electron chi connectivity index (χ2n) is 16.1. The summed E-state index contributed by atoms with van der Waals surface area (Å²) in [6.45, 7) is 12.6. The van der Waals surface area contributed by atoms with Gasteiger partial charge in [-0.1, -0.05) is 64.2 Å². The Morgan fingerprint density at radius 2 is 0.914 bits per heavy atom. The van der Waals surface area contributed by atoms with Gasteiger partial charge < -0.3 is 49.1 Å². The molecule has 0 fully saturated rings. The Labute approximate surface area is 347 Å². The normalized spacial score (nSPS) is 12.1. The van der Waals surface area contributed by atoms with Crippen molar-refractivity contribution in [2.24, 2.45) is 0 Å². The Kier molecular flexibility index (Phi) is 32.5. The zero-order valence-corrected chi connectivity index (χ0v) is 36.8. The van der Waals surface area contributed by atoms with E-state index in [9.17, 15) is 28.8 Å². The molecule has 0 aliphatic carbocycles. The lowest BCUT2D eigenvalue weighted by atomic mass is 10.0. The quantitative estimate of drug-likeness (QED) is 0.0439. The lowest BCUT2D eigenvalue weighted by Gasteiger charge is -2.24. The molecule has 0 aromatic heterocycles. The summed E-state index contributed by atoms with van der Waals surface area (Å²) in [5.41, 5.74) is -1.16. The molecule has 0 heterocycles. The largest absolute Gasteiger partial charge is 0.467 e. The summed E-state index contributed by atoms with van der Waals surface area (Å²) in [6, 6.07) is -0.931. The summed E-state index contributed by atoms with van der Waals surface area (Å²) < 4.78 is 36.4. The van der Waals surface area contributed by atoms with E-state index in [4.69, 9.17) is 28.4 Å². The molecule has 0 spiro atoms. The molecule has 338 valence electrons. The number of rotatable bonds is 36. The van der Waals surface area contributed by atoms with Gasteiger partial charge >= 0.3 is 17.9 Å². The van der Waals surface area contributed by atoms with Crippen molar-refractivity contribution in [1.82, 2.24) is 16.0 Å². The highest BCUT2D eigenvalue weighted by Crippen LogP contribution is 2.15. The average molecular weight is 832 g/mol. The molecule has 3 amide bonds. The summed E-state index contributed by atoms with van der Waals surface area (Å²) >= 11 is 0. The predicted molar refractivity (Wildman–Crippen MR) is 219 cm³/mol. The van der Waals surface area contributed by atoms with Gasteiger partial charge in [-0.2, -0.15) is 0 Å². The van der Waals surface area contributed by atoms with Gasteiger partial charge in [-0.3, -0.25) is 19.2 Å². The smallest absolute Gasteiger partial charge is 0.331 e. The lowest BCUT2D eigenvalue weighted by molar-refractivity contribution is -0.159. The highest BCUT2D eigenvalue weighted by molar-refractivity contribution is 5.85. The van der Waals surface area contributed by atoms with E-state index in [0.717, 1.165) is 44.9 Å². The van der Waals surface area contributed by atoms with Crippen molar-refractivity contribution >= 4 is 35.6 Å². The molecule has 0 unspecified atom stereocenters. The van der Waals surface area contributed by atoms with Crippen LogP contribution < -0.4 is 16.0 Å². The number of carbonyl (C=O) groups excluding carboxylic acids is 6. The van der Waals surface area contributed by atoms with Gasteiger partial charge in [0.05, 0.1) is 46.8 Å². The molecule has 0 radical (unpaired) electrons. The van der Waals surface area contributed by atoms with Crippen LogP contribution in [0.4, 0.5) is 0 Å². The van der Waals surface area contributed by atoms with Crippen LogP contribution in [0, 0.1) is 0 Å². The first kappa shape index (κ1) is 54.7. The van der Waals surface area contributed by atoms with Crippen molar-refractivity contribution < 1.29 is 61.9 Å². The lowest BCUT2D eigenvalue weighted by Crippen LogP contribution is -2.44. The second kappa shape index (κ2) is 34.5. The maximum atomic E-state index is 12.9. The van der Waals surface area contributed by atoms with Crippen molar-refractivity contribution in [3.05, 3.63) is 0 Å². The van der Waals surface area contributed by atoms with E-state index in [1.54, 1.807) is 20.8 Å². The maximum Gasteiger partial charge on any atom is 0.331 e. The second-order valence-corrected chi connectivity index (χ2v) is 16.1. The molecule has 3 N–H and O–H groups in total. The number of hydrogen-bond donors (Lipinski definition) is 3. The molecule has 0 aliphatic rings. The molecule has 16 nitrogen and oxygen atoms in total. The minimum Gasteiger partial charge on any atom is -0.467 e. The number of amides is 3.